The molecule has 0 radical (unpaired) electrons. The molecule has 1 aromatic heterocycles. The molecule has 0 bridgehead atoms. The fourth-order valence-corrected chi connectivity index (χ4v) is 1.73. The second-order valence-electron chi connectivity index (χ2n) is 4.12. The molecule has 0 unspecified atom stereocenters. The Balaban J connectivity index is 2.33. The number of nitrogens with two attached hydrogens (primary N) is 1. The molecule has 0 aliphatic heterocycles. The number of benzene rings is 1. The summed E-state index contributed by atoms with van der Waals surface area (Å²) in [5.74, 6) is 0.944. The number of pyridine rings is 1. The van der Waals surface area contributed by atoms with Gasteiger partial charge >= 0.3 is 0 Å². The number of hydrogen-bond donors (Lipinski definition) is 1. The molecule has 1 aromatic carbocycles. The first kappa shape index (κ1) is 11.6. The van der Waals surface area contributed by atoms with E-state index in [1.807, 2.05) is 31.4 Å². The number of aromatic nitrogens is 1. The maximum atomic E-state index is 5.65. The van der Waals surface area contributed by atoms with Gasteiger partial charge in [-0.05, 0) is 42.3 Å². The third-order valence-corrected chi connectivity index (χ3v) is 2.78. The average Bonchev–Trinajstić information content (AvgIpc) is 2.38. The first-order valence-electron chi connectivity index (χ1n) is 5.66. The minimum atomic E-state index is 0.558. The summed E-state index contributed by atoms with van der Waals surface area (Å²) in [7, 11) is 2.01. The zero-order chi connectivity index (χ0) is 12.3. The van der Waals surface area contributed by atoms with Gasteiger partial charge in [0, 0.05) is 25.5 Å². The van der Waals surface area contributed by atoms with Crippen LogP contribution in [0.2, 0.25) is 0 Å². The summed E-state index contributed by atoms with van der Waals surface area (Å²) >= 11 is 0. The molecule has 0 aliphatic carbocycles. The van der Waals surface area contributed by atoms with E-state index in [0.717, 1.165) is 17.1 Å². The van der Waals surface area contributed by atoms with E-state index in [4.69, 9.17) is 5.73 Å². The van der Waals surface area contributed by atoms with E-state index < -0.39 is 0 Å². The summed E-state index contributed by atoms with van der Waals surface area (Å²) in [6.07, 6.45) is 1.83. The lowest BCUT2D eigenvalue weighted by atomic mass is 10.2. The summed E-state index contributed by atoms with van der Waals surface area (Å²) < 4.78 is 0. The molecule has 2 aromatic rings. The Hall–Kier alpha value is -1.87. The second-order valence-corrected chi connectivity index (χ2v) is 4.12. The van der Waals surface area contributed by atoms with E-state index in [0.29, 0.717) is 6.54 Å². The summed E-state index contributed by atoms with van der Waals surface area (Å²) in [5.41, 5.74) is 9.08. The Bertz CT molecular complexity index is 508. The van der Waals surface area contributed by atoms with Crippen molar-refractivity contribution in [1.82, 2.24) is 4.98 Å². The molecule has 0 amide bonds. The van der Waals surface area contributed by atoms with Crippen LogP contribution >= 0.6 is 0 Å². The summed E-state index contributed by atoms with van der Waals surface area (Å²) in [6.45, 7) is 2.62. The molecule has 3 nitrogen and oxygen atoms in total. The van der Waals surface area contributed by atoms with Crippen LogP contribution in [0.15, 0.2) is 42.6 Å². The highest BCUT2D eigenvalue weighted by molar-refractivity contribution is 5.60. The van der Waals surface area contributed by atoms with Gasteiger partial charge in [-0.1, -0.05) is 12.1 Å². The fourth-order valence-electron chi connectivity index (χ4n) is 1.73. The maximum absolute atomic E-state index is 5.65. The van der Waals surface area contributed by atoms with Gasteiger partial charge in [0.25, 0.3) is 0 Å². The van der Waals surface area contributed by atoms with Gasteiger partial charge in [0.05, 0.1) is 0 Å². The van der Waals surface area contributed by atoms with Crippen molar-refractivity contribution in [2.45, 2.75) is 13.5 Å². The van der Waals surface area contributed by atoms with Crippen LogP contribution < -0.4 is 10.6 Å². The van der Waals surface area contributed by atoms with Crippen LogP contribution in [0.1, 0.15) is 11.1 Å². The molecule has 2 N–H and O–H groups in total. The van der Waals surface area contributed by atoms with Crippen LogP contribution in [0, 0.1) is 6.92 Å². The molecule has 0 saturated carbocycles. The number of hydrogen-bond acceptors (Lipinski definition) is 3. The van der Waals surface area contributed by atoms with Crippen molar-refractivity contribution in [3.05, 3.63) is 53.7 Å². The van der Waals surface area contributed by atoms with Gasteiger partial charge in [-0.25, -0.2) is 4.98 Å². The van der Waals surface area contributed by atoms with Crippen molar-refractivity contribution in [1.29, 1.82) is 0 Å². The Kier molecular flexibility index (Phi) is 3.40. The lowest BCUT2D eigenvalue weighted by molar-refractivity contribution is 1.06. The van der Waals surface area contributed by atoms with Gasteiger partial charge in [-0.15, -0.1) is 0 Å². The van der Waals surface area contributed by atoms with Gasteiger partial charge in [0.15, 0.2) is 0 Å². The van der Waals surface area contributed by atoms with E-state index in [1.165, 1.54) is 5.56 Å². The molecule has 1 heterocycles. The van der Waals surface area contributed by atoms with Crippen LogP contribution in [0.25, 0.3) is 0 Å². The maximum Gasteiger partial charge on any atom is 0.132 e. The van der Waals surface area contributed by atoms with Crippen LogP contribution in [-0.4, -0.2) is 12.0 Å². The molecule has 0 spiro atoms. The van der Waals surface area contributed by atoms with Gasteiger partial charge in [0.2, 0.25) is 0 Å². The fraction of sp³-hybridized carbons (Fsp3) is 0.214. The Morgan fingerprint density at radius 3 is 2.76 bits per heavy atom. The van der Waals surface area contributed by atoms with E-state index >= 15 is 0 Å². The monoisotopic (exact) mass is 227 g/mol. The summed E-state index contributed by atoms with van der Waals surface area (Å²) in [5, 5.41) is 0. The highest BCUT2D eigenvalue weighted by atomic mass is 15.2. The first-order chi connectivity index (χ1) is 8.20. The predicted octanol–water partition coefficient (Wildman–Crippen LogP) is 2.62. The molecule has 0 atom stereocenters. The average molecular weight is 227 g/mol. The zero-order valence-corrected chi connectivity index (χ0v) is 10.2. The van der Waals surface area contributed by atoms with Crippen LogP contribution in [0.4, 0.5) is 11.5 Å². The van der Waals surface area contributed by atoms with Crippen molar-refractivity contribution in [2.24, 2.45) is 5.73 Å². The Morgan fingerprint density at radius 1 is 1.24 bits per heavy atom. The molecule has 17 heavy (non-hydrogen) atoms. The molecule has 3 heteroatoms. The molecular weight excluding hydrogens is 210 g/mol. The number of rotatable bonds is 3. The van der Waals surface area contributed by atoms with Crippen LogP contribution in [0.5, 0.6) is 0 Å². The minimum Gasteiger partial charge on any atom is -0.329 e. The second kappa shape index (κ2) is 4.97. The van der Waals surface area contributed by atoms with Crippen LogP contribution in [-0.2, 0) is 6.54 Å². The molecule has 0 saturated heterocycles. The van der Waals surface area contributed by atoms with Crippen molar-refractivity contribution < 1.29 is 0 Å². The third-order valence-electron chi connectivity index (χ3n) is 2.78. The highest BCUT2D eigenvalue weighted by Crippen LogP contribution is 2.22. The van der Waals surface area contributed by atoms with E-state index in [9.17, 15) is 0 Å². The van der Waals surface area contributed by atoms with E-state index in [2.05, 4.69) is 35.0 Å². The Morgan fingerprint density at radius 2 is 2.06 bits per heavy atom. The number of aryl methyl sites for hydroxylation is 1. The largest absolute Gasteiger partial charge is 0.329 e. The minimum absolute atomic E-state index is 0.558. The lowest BCUT2D eigenvalue weighted by Gasteiger charge is -2.19. The number of nitrogens with zero attached hydrogens (tertiary/aromatic N) is 2. The highest BCUT2D eigenvalue weighted by Gasteiger charge is 2.05. The standard InChI is InChI=1S/C14H17N3/c1-11-6-7-16-14(8-11)17(2)13-5-3-4-12(9-13)10-15/h3-9H,10,15H2,1-2H3. The molecular formula is C14H17N3. The van der Waals surface area contributed by atoms with Gasteiger partial charge in [-0.3, -0.25) is 0 Å². The predicted molar refractivity (Wildman–Crippen MR) is 71.4 cm³/mol. The molecule has 0 fully saturated rings. The van der Waals surface area contributed by atoms with Gasteiger partial charge < -0.3 is 10.6 Å². The van der Waals surface area contributed by atoms with Crippen molar-refractivity contribution >= 4 is 11.5 Å². The smallest absolute Gasteiger partial charge is 0.132 e. The lowest BCUT2D eigenvalue weighted by Crippen LogP contribution is -2.11. The summed E-state index contributed by atoms with van der Waals surface area (Å²) in [4.78, 5) is 6.43. The van der Waals surface area contributed by atoms with Gasteiger partial charge in [-0.2, -0.15) is 0 Å². The van der Waals surface area contributed by atoms with Crippen LogP contribution in [0.3, 0.4) is 0 Å². The molecule has 88 valence electrons. The first-order valence-corrected chi connectivity index (χ1v) is 5.66. The van der Waals surface area contributed by atoms with Crippen molar-refractivity contribution in [2.75, 3.05) is 11.9 Å². The Labute approximate surface area is 102 Å². The van der Waals surface area contributed by atoms with E-state index in [1.54, 1.807) is 0 Å². The van der Waals surface area contributed by atoms with E-state index in [-0.39, 0.29) is 0 Å². The normalized spacial score (nSPS) is 10.3. The molecule has 0 aliphatic rings. The van der Waals surface area contributed by atoms with Crippen molar-refractivity contribution in [3.8, 4) is 0 Å². The topological polar surface area (TPSA) is 42.2 Å². The van der Waals surface area contributed by atoms with Crippen molar-refractivity contribution in [3.63, 3.8) is 0 Å². The SMILES string of the molecule is Cc1ccnc(N(C)c2cccc(CN)c2)c1. The molecule has 2 rings (SSSR count). The number of anilines is 2. The zero-order valence-electron chi connectivity index (χ0n) is 10.2. The summed E-state index contributed by atoms with van der Waals surface area (Å²) in [6, 6.07) is 12.3. The quantitative estimate of drug-likeness (QED) is 0.876. The third kappa shape index (κ3) is 2.63. The van der Waals surface area contributed by atoms with Gasteiger partial charge in [0.1, 0.15) is 5.82 Å².